The number of nitro groups is 1. The summed E-state index contributed by atoms with van der Waals surface area (Å²) in [6, 6.07) is 12.2. The van der Waals surface area contributed by atoms with Crippen LogP contribution in [0.15, 0.2) is 61.2 Å². The maximum atomic E-state index is 13.2. The molecule has 4 rings (SSSR count). The monoisotopic (exact) mass is 392 g/mol. The number of nitrogens with zero attached hydrogens (tertiary/aromatic N) is 4. The number of hydrogen-bond acceptors (Lipinski definition) is 5. The van der Waals surface area contributed by atoms with Crippen molar-refractivity contribution in [2.45, 2.75) is 18.9 Å². The Bertz CT molecular complexity index is 1050. The van der Waals surface area contributed by atoms with Crippen molar-refractivity contribution in [1.29, 1.82) is 0 Å². The molecule has 1 aromatic heterocycles. The van der Waals surface area contributed by atoms with Gasteiger partial charge in [0.1, 0.15) is 11.4 Å². The third-order valence-electron chi connectivity index (χ3n) is 5.19. The first kappa shape index (κ1) is 18.7. The molecular formula is C21H20N4O4. The molecule has 0 radical (unpaired) electrons. The van der Waals surface area contributed by atoms with Crippen molar-refractivity contribution in [3.8, 4) is 11.4 Å². The average Bonchev–Trinajstić information content (AvgIpc) is 3.45. The number of aromatic nitrogens is 2. The van der Waals surface area contributed by atoms with E-state index < -0.39 is 4.92 Å². The number of imidazole rings is 1. The molecular weight excluding hydrogens is 372 g/mol. The van der Waals surface area contributed by atoms with Gasteiger partial charge < -0.3 is 14.2 Å². The number of carbonyl (C=O) groups excluding carboxylic acids is 1. The van der Waals surface area contributed by atoms with Gasteiger partial charge in [-0.05, 0) is 42.7 Å². The highest BCUT2D eigenvalue weighted by Gasteiger charge is 2.32. The van der Waals surface area contributed by atoms with Crippen molar-refractivity contribution in [1.82, 2.24) is 14.5 Å². The first-order chi connectivity index (χ1) is 14.1. The van der Waals surface area contributed by atoms with E-state index in [9.17, 15) is 14.9 Å². The van der Waals surface area contributed by atoms with Crippen LogP contribution in [0, 0.1) is 10.1 Å². The molecule has 2 aromatic carbocycles. The Morgan fingerprint density at radius 3 is 2.86 bits per heavy atom. The molecule has 148 valence electrons. The van der Waals surface area contributed by atoms with Gasteiger partial charge in [0.25, 0.3) is 11.6 Å². The molecule has 8 nitrogen and oxygen atoms in total. The standard InChI is InChI=1S/C21H20N4O4/c1-29-17-5-2-4-15(12-17)18-6-3-10-24(18)21(26)16-7-8-19(20(13-16)25(27)28)23-11-9-22-14-23/h2,4-5,7-9,11-14,18H,3,6,10H2,1H3. The number of methoxy groups -OCH3 is 1. The third-order valence-corrected chi connectivity index (χ3v) is 5.19. The minimum Gasteiger partial charge on any atom is -0.497 e. The summed E-state index contributed by atoms with van der Waals surface area (Å²) < 4.78 is 6.86. The van der Waals surface area contributed by atoms with E-state index in [-0.39, 0.29) is 17.6 Å². The van der Waals surface area contributed by atoms with E-state index in [0.717, 1.165) is 24.2 Å². The van der Waals surface area contributed by atoms with Gasteiger partial charge in [0.05, 0.1) is 24.4 Å². The summed E-state index contributed by atoms with van der Waals surface area (Å²) in [4.78, 5) is 30.1. The summed E-state index contributed by atoms with van der Waals surface area (Å²) in [5, 5.41) is 11.6. The van der Waals surface area contributed by atoms with Gasteiger partial charge in [0, 0.05) is 30.6 Å². The Kier molecular flexibility index (Phi) is 4.99. The van der Waals surface area contributed by atoms with Crippen molar-refractivity contribution in [2.24, 2.45) is 0 Å². The van der Waals surface area contributed by atoms with Gasteiger partial charge in [-0.15, -0.1) is 0 Å². The fourth-order valence-electron chi connectivity index (χ4n) is 3.79. The highest BCUT2D eigenvalue weighted by molar-refractivity contribution is 5.95. The Hall–Kier alpha value is -3.68. The predicted molar refractivity (Wildman–Crippen MR) is 106 cm³/mol. The predicted octanol–water partition coefficient (Wildman–Crippen LogP) is 3.77. The molecule has 3 aromatic rings. The number of ether oxygens (including phenoxy) is 1. The second-order valence-electron chi connectivity index (χ2n) is 6.86. The van der Waals surface area contributed by atoms with E-state index in [0.29, 0.717) is 17.8 Å². The second-order valence-corrected chi connectivity index (χ2v) is 6.86. The summed E-state index contributed by atoms with van der Waals surface area (Å²) in [6.07, 6.45) is 6.38. The number of rotatable bonds is 5. The van der Waals surface area contributed by atoms with Gasteiger partial charge in [-0.2, -0.15) is 0 Å². The van der Waals surface area contributed by atoms with Gasteiger partial charge in [0.2, 0.25) is 0 Å². The minimum atomic E-state index is -0.477. The lowest BCUT2D eigenvalue weighted by atomic mass is 10.0. The normalized spacial score (nSPS) is 16.0. The fraction of sp³-hybridized carbons (Fsp3) is 0.238. The number of likely N-dealkylation sites (tertiary alicyclic amines) is 1. The topological polar surface area (TPSA) is 90.5 Å². The average molecular weight is 392 g/mol. The van der Waals surface area contributed by atoms with Crippen LogP contribution in [0.25, 0.3) is 5.69 Å². The highest BCUT2D eigenvalue weighted by atomic mass is 16.6. The molecule has 8 heteroatoms. The van der Waals surface area contributed by atoms with E-state index in [1.165, 1.54) is 12.4 Å². The van der Waals surface area contributed by atoms with Crippen LogP contribution >= 0.6 is 0 Å². The molecule has 1 amide bonds. The van der Waals surface area contributed by atoms with Gasteiger partial charge in [-0.1, -0.05) is 12.1 Å². The van der Waals surface area contributed by atoms with Crippen molar-refractivity contribution >= 4 is 11.6 Å². The van der Waals surface area contributed by atoms with Crippen LogP contribution in [0.3, 0.4) is 0 Å². The molecule has 1 aliphatic rings. The quantitative estimate of drug-likeness (QED) is 0.487. The maximum Gasteiger partial charge on any atom is 0.294 e. The Labute approximate surface area is 167 Å². The van der Waals surface area contributed by atoms with Crippen molar-refractivity contribution in [2.75, 3.05) is 13.7 Å². The lowest BCUT2D eigenvalue weighted by molar-refractivity contribution is -0.384. The van der Waals surface area contributed by atoms with Crippen LogP contribution in [0.2, 0.25) is 0 Å². The van der Waals surface area contributed by atoms with E-state index in [1.54, 1.807) is 41.1 Å². The van der Waals surface area contributed by atoms with Crippen LogP contribution in [-0.2, 0) is 0 Å². The van der Waals surface area contributed by atoms with E-state index in [4.69, 9.17) is 4.74 Å². The SMILES string of the molecule is COc1cccc(C2CCCN2C(=O)c2ccc(-n3ccnc3)c([N+](=O)[O-])c2)c1. The molecule has 0 saturated carbocycles. The fourth-order valence-corrected chi connectivity index (χ4v) is 3.79. The Morgan fingerprint density at radius 2 is 2.14 bits per heavy atom. The first-order valence-corrected chi connectivity index (χ1v) is 9.30. The Balaban J connectivity index is 1.66. The number of nitro benzene ring substituents is 1. The van der Waals surface area contributed by atoms with Crippen LogP contribution < -0.4 is 4.74 Å². The molecule has 29 heavy (non-hydrogen) atoms. The van der Waals surface area contributed by atoms with Gasteiger partial charge >= 0.3 is 0 Å². The van der Waals surface area contributed by atoms with E-state index in [1.807, 2.05) is 24.3 Å². The van der Waals surface area contributed by atoms with Gasteiger partial charge in [0.15, 0.2) is 0 Å². The lowest BCUT2D eigenvalue weighted by Crippen LogP contribution is -2.30. The number of benzene rings is 2. The molecule has 1 aliphatic heterocycles. The zero-order valence-electron chi connectivity index (χ0n) is 15.9. The lowest BCUT2D eigenvalue weighted by Gasteiger charge is -2.25. The summed E-state index contributed by atoms with van der Waals surface area (Å²) in [6.45, 7) is 0.609. The van der Waals surface area contributed by atoms with Crippen LogP contribution in [0.4, 0.5) is 5.69 Å². The van der Waals surface area contributed by atoms with E-state index in [2.05, 4.69) is 4.98 Å². The van der Waals surface area contributed by atoms with Crippen LogP contribution in [0.1, 0.15) is 34.8 Å². The molecule has 1 fully saturated rings. The van der Waals surface area contributed by atoms with Crippen molar-refractivity contribution < 1.29 is 14.5 Å². The molecule has 1 atom stereocenters. The number of amides is 1. The maximum absolute atomic E-state index is 13.2. The smallest absolute Gasteiger partial charge is 0.294 e. The Morgan fingerprint density at radius 1 is 1.28 bits per heavy atom. The molecule has 1 saturated heterocycles. The van der Waals surface area contributed by atoms with Gasteiger partial charge in [-0.3, -0.25) is 14.9 Å². The summed E-state index contributed by atoms with van der Waals surface area (Å²) in [5.41, 5.74) is 1.54. The summed E-state index contributed by atoms with van der Waals surface area (Å²) in [7, 11) is 1.61. The molecule has 0 N–H and O–H groups in total. The molecule has 1 unspecified atom stereocenters. The largest absolute Gasteiger partial charge is 0.497 e. The zero-order chi connectivity index (χ0) is 20.4. The number of carbonyl (C=O) groups is 1. The summed E-state index contributed by atoms with van der Waals surface area (Å²) in [5.74, 6) is 0.526. The second kappa shape index (κ2) is 7.75. The molecule has 0 bridgehead atoms. The zero-order valence-corrected chi connectivity index (χ0v) is 15.9. The third kappa shape index (κ3) is 3.56. The first-order valence-electron chi connectivity index (χ1n) is 9.30. The summed E-state index contributed by atoms with van der Waals surface area (Å²) >= 11 is 0. The van der Waals surface area contributed by atoms with E-state index >= 15 is 0 Å². The number of hydrogen-bond donors (Lipinski definition) is 0. The van der Waals surface area contributed by atoms with Crippen LogP contribution in [-0.4, -0.2) is 38.9 Å². The van der Waals surface area contributed by atoms with Crippen molar-refractivity contribution in [3.05, 3.63) is 82.4 Å². The molecule has 2 heterocycles. The minimum absolute atomic E-state index is 0.0787. The van der Waals surface area contributed by atoms with Crippen molar-refractivity contribution in [3.63, 3.8) is 0 Å². The highest BCUT2D eigenvalue weighted by Crippen LogP contribution is 2.35. The van der Waals surface area contributed by atoms with Gasteiger partial charge in [-0.25, -0.2) is 4.98 Å². The van der Waals surface area contributed by atoms with Crippen LogP contribution in [0.5, 0.6) is 5.75 Å². The molecule has 0 spiro atoms. The molecule has 0 aliphatic carbocycles.